The third-order valence-electron chi connectivity index (χ3n) is 3.99. The summed E-state index contributed by atoms with van der Waals surface area (Å²) in [5, 5.41) is 0. The van der Waals surface area contributed by atoms with Crippen LogP contribution < -0.4 is 0 Å². The first kappa shape index (κ1) is 14.5. The molecule has 2 aromatic rings. The average molecular weight is 295 g/mol. The Morgan fingerprint density at radius 1 is 1.05 bits per heavy atom. The van der Waals surface area contributed by atoms with Crippen molar-refractivity contribution in [1.82, 2.24) is 4.90 Å². The SMILES string of the molecule is CN(C)/C=C1\CC(c2ccccc2F)c2ccccc2C1=O. The first-order valence-corrected chi connectivity index (χ1v) is 7.33. The largest absolute Gasteiger partial charge is 0.383 e. The van der Waals surface area contributed by atoms with Gasteiger partial charge in [-0.25, -0.2) is 4.39 Å². The Balaban J connectivity index is 2.16. The molecule has 3 heteroatoms. The first-order valence-electron chi connectivity index (χ1n) is 7.33. The van der Waals surface area contributed by atoms with E-state index < -0.39 is 0 Å². The zero-order valence-electron chi connectivity index (χ0n) is 12.7. The van der Waals surface area contributed by atoms with Gasteiger partial charge >= 0.3 is 0 Å². The molecular formula is C19H18FNO. The van der Waals surface area contributed by atoms with Crippen LogP contribution in [0, 0.1) is 5.82 Å². The maximum absolute atomic E-state index is 14.2. The maximum atomic E-state index is 14.2. The van der Waals surface area contributed by atoms with Crippen molar-refractivity contribution in [1.29, 1.82) is 0 Å². The summed E-state index contributed by atoms with van der Waals surface area (Å²) in [6.07, 6.45) is 2.36. The minimum absolute atomic E-state index is 0.0388. The molecule has 1 aliphatic carbocycles. The van der Waals surface area contributed by atoms with Gasteiger partial charge in [0, 0.05) is 37.3 Å². The van der Waals surface area contributed by atoms with Gasteiger partial charge in [0.2, 0.25) is 0 Å². The lowest BCUT2D eigenvalue weighted by Gasteiger charge is -2.28. The molecule has 0 radical (unpaired) electrons. The van der Waals surface area contributed by atoms with Gasteiger partial charge in [-0.05, 0) is 23.6 Å². The number of rotatable bonds is 2. The van der Waals surface area contributed by atoms with E-state index >= 15 is 0 Å². The van der Waals surface area contributed by atoms with Crippen LogP contribution in [0.5, 0.6) is 0 Å². The maximum Gasteiger partial charge on any atom is 0.190 e. The highest BCUT2D eigenvalue weighted by atomic mass is 19.1. The topological polar surface area (TPSA) is 20.3 Å². The summed E-state index contributed by atoms with van der Waals surface area (Å²) >= 11 is 0. The van der Waals surface area contributed by atoms with Crippen LogP contribution in [0.15, 0.2) is 60.3 Å². The Morgan fingerprint density at radius 3 is 2.36 bits per heavy atom. The van der Waals surface area contributed by atoms with E-state index in [0.29, 0.717) is 17.5 Å². The van der Waals surface area contributed by atoms with Crippen molar-refractivity contribution in [3.63, 3.8) is 0 Å². The molecule has 22 heavy (non-hydrogen) atoms. The number of carbonyl (C=O) groups is 1. The minimum Gasteiger partial charge on any atom is -0.383 e. The highest BCUT2D eigenvalue weighted by Crippen LogP contribution is 2.39. The summed E-state index contributed by atoms with van der Waals surface area (Å²) in [5.74, 6) is -0.306. The lowest BCUT2D eigenvalue weighted by Crippen LogP contribution is -2.21. The number of Topliss-reactive ketones (excluding diaryl/α,β-unsaturated/α-hetero) is 1. The molecule has 112 valence electrons. The smallest absolute Gasteiger partial charge is 0.190 e. The average Bonchev–Trinajstić information content (AvgIpc) is 2.51. The molecule has 0 bridgehead atoms. The van der Waals surface area contributed by atoms with Crippen LogP contribution in [0.3, 0.4) is 0 Å². The fraction of sp³-hybridized carbons (Fsp3) is 0.211. The molecule has 0 N–H and O–H groups in total. The molecular weight excluding hydrogens is 277 g/mol. The van der Waals surface area contributed by atoms with Gasteiger partial charge in [-0.15, -0.1) is 0 Å². The summed E-state index contributed by atoms with van der Waals surface area (Å²) in [6.45, 7) is 0. The highest BCUT2D eigenvalue weighted by Gasteiger charge is 2.31. The number of carbonyl (C=O) groups excluding carboxylic acids is 1. The Morgan fingerprint density at radius 2 is 1.68 bits per heavy atom. The Bertz CT molecular complexity index is 749. The number of benzene rings is 2. The lowest BCUT2D eigenvalue weighted by atomic mass is 9.76. The number of halogens is 1. The predicted octanol–water partition coefficient (Wildman–Crippen LogP) is 3.99. The third kappa shape index (κ3) is 2.54. The van der Waals surface area contributed by atoms with E-state index in [4.69, 9.17) is 0 Å². The van der Waals surface area contributed by atoms with Crippen molar-refractivity contribution in [2.75, 3.05) is 14.1 Å². The molecule has 3 rings (SSSR count). The quantitative estimate of drug-likeness (QED) is 0.781. The summed E-state index contributed by atoms with van der Waals surface area (Å²) in [4.78, 5) is 14.5. The number of hydrogen-bond acceptors (Lipinski definition) is 2. The van der Waals surface area contributed by atoms with Gasteiger partial charge in [0.25, 0.3) is 0 Å². The van der Waals surface area contributed by atoms with E-state index in [9.17, 15) is 9.18 Å². The number of nitrogens with zero attached hydrogens (tertiary/aromatic N) is 1. The summed E-state index contributed by atoms with van der Waals surface area (Å²) in [5.41, 5.74) is 2.95. The Labute approximate surface area is 129 Å². The van der Waals surface area contributed by atoms with Gasteiger partial charge in [-0.1, -0.05) is 42.5 Å². The molecule has 0 heterocycles. The van der Waals surface area contributed by atoms with Gasteiger partial charge < -0.3 is 4.90 Å². The Hall–Kier alpha value is -2.42. The second kappa shape index (κ2) is 5.76. The van der Waals surface area contributed by atoms with Crippen molar-refractivity contribution in [3.05, 3.63) is 82.8 Å². The molecule has 0 aliphatic heterocycles. The summed E-state index contributed by atoms with van der Waals surface area (Å²) in [6, 6.07) is 14.3. The zero-order chi connectivity index (χ0) is 15.7. The number of ketones is 1. The van der Waals surface area contributed by atoms with Crippen LogP contribution in [-0.2, 0) is 0 Å². The monoisotopic (exact) mass is 295 g/mol. The molecule has 2 aromatic carbocycles. The molecule has 0 aromatic heterocycles. The fourth-order valence-electron chi connectivity index (χ4n) is 3.06. The van der Waals surface area contributed by atoms with E-state index in [1.807, 2.05) is 55.5 Å². The van der Waals surface area contributed by atoms with Gasteiger partial charge in [0.1, 0.15) is 5.82 Å². The number of fused-ring (bicyclic) bond motifs is 1. The molecule has 0 amide bonds. The summed E-state index contributed by atoms with van der Waals surface area (Å²) in [7, 11) is 3.78. The van der Waals surface area contributed by atoms with Crippen molar-refractivity contribution < 1.29 is 9.18 Å². The normalized spacial score (nSPS) is 19.1. The standard InChI is InChI=1S/C19H18FNO/c1-21(2)12-13-11-17(15-8-5-6-10-18(15)20)14-7-3-4-9-16(14)19(13)22/h3-10,12,17H,11H2,1-2H3/b13-12+. The van der Waals surface area contributed by atoms with E-state index in [0.717, 1.165) is 11.1 Å². The van der Waals surface area contributed by atoms with Gasteiger partial charge in [0.15, 0.2) is 5.78 Å². The van der Waals surface area contributed by atoms with Crippen LogP contribution in [0.25, 0.3) is 0 Å². The van der Waals surface area contributed by atoms with Crippen LogP contribution in [-0.4, -0.2) is 24.8 Å². The highest BCUT2D eigenvalue weighted by molar-refractivity contribution is 6.11. The predicted molar refractivity (Wildman–Crippen MR) is 85.4 cm³/mol. The van der Waals surface area contributed by atoms with Crippen LogP contribution >= 0.6 is 0 Å². The lowest BCUT2D eigenvalue weighted by molar-refractivity contribution is 0.102. The molecule has 1 atom stereocenters. The van der Waals surface area contributed by atoms with E-state index in [-0.39, 0.29) is 17.5 Å². The van der Waals surface area contributed by atoms with Crippen molar-refractivity contribution >= 4 is 5.78 Å². The second-order valence-corrected chi connectivity index (χ2v) is 5.81. The van der Waals surface area contributed by atoms with Gasteiger partial charge in [0.05, 0.1) is 0 Å². The third-order valence-corrected chi connectivity index (χ3v) is 3.99. The molecule has 1 aliphatic rings. The molecule has 0 saturated carbocycles. The van der Waals surface area contributed by atoms with Crippen LogP contribution in [0.2, 0.25) is 0 Å². The van der Waals surface area contributed by atoms with Gasteiger partial charge in [-0.3, -0.25) is 4.79 Å². The van der Waals surface area contributed by atoms with Crippen molar-refractivity contribution in [3.8, 4) is 0 Å². The zero-order valence-corrected chi connectivity index (χ0v) is 12.7. The fourth-order valence-corrected chi connectivity index (χ4v) is 3.06. The molecule has 0 spiro atoms. The number of allylic oxidation sites excluding steroid dienone is 1. The van der Waals surface area contributed by atoms with Gasteiger partial charge in [-0.2, -0.15) is 0 Å². The minimum atomic E-state index is -0.221. The molecule has 0 saturated heterocycles. The van der Waals surface area contributed by atoms with Crippen LogP contribution in [0.1, 0.15) is 33.8 Å². The molecule has 2 nitrogen and oxygen atoms in total. The van der Waals surface area contributed by atoms with E-state index in [1.54, 1.807) is 12.1 Å². The first-order chi connectivity index (χ1) is 10.6. The van der Waals surface area contributed by atoms with Crippen LogP contribution in [0.4, 0.5) is 4.39 Å². The summed E-state index contributed by atoms with van der Waals surface area (Å²) < 4.78 is 14.2. The van der Waals surface area contributed by atoms with Crippen molar-refractivity contribution in [2.45, 2.75) is 12.3 Å². The molecule has 0 fully saturated rings. The van der Waals surface area contributed by atoms with E-state index in [2.05, 4.69) is 0 Å². The number of hydrogen-bond donors (Lipinski definition) is 0. The Kier molecular flexibility index (Phi) is 3.80. The second-order valence-electron chi connectivity index (χ2n) is 5.81. The van der Waals surface area contributed by atoms with Crippen molar-refractivity contribution in [2.24, 2.45) is 0 Å². The van der Waals surface area contributed by atoms with E-state index in [1.165, 1.54) is 6.07 Å². The molecule has 1 unspecified atom stereocenters.